The molecule has 0 aliphatic rings. The summed E-state index contributed by atoms with van der Waals surface area (Å²) >= 11 is 0. The molecule has 0 aromatic carbocycles. The summed E-state index contributed by atoms with van der Waals surface area (Å²) in [5.74, 6) is 0. The van der Waals surface area contributed by atoms with Gasteiger partial charge in [0.1, 0.15) is 0 Å². The van der Waals surface area contributed by atoms with E-state index in [1.165, 1.54) is 0 Å². The van der Waals surface area contributed by atoms with Crippen LogP contribution in [0.2, 0.25) is 12.1 Å². The highest BCUT2D eigenvalue weighted by Crippen LogP contribution is 2.13. The summed E-state index contributed by atoms with van der Waals surface area (Å²) in [6.07, 6.45) is 0. The molecule has 0 saturated heterocycles. The second-order valence-corrected chi connectivity index (χ2v) is 6.47. The summed E-state index contributed by atoms with van der Waals surface area (Å²) in [6.45, 7) is 6.20. The Labute approximate surface area is 52.2 Å². The Balaban J connectivity index is 3.71. The summed E-state index contributed by atoms with van der Waals surface area (Å²) in [7, 11) is -0.0679. The third-order valence-corrected chi connectivity index (χ3v) is 4.76. The first kappa shape index (κ1) is 8.14. The molecular formula is C5H15NOSi. The maximum absolute atomic E-state index is 5.78. The first-order valence-electron chi connectivity index (χ1n) is 2.84. The predicted molar refractivity (Wildman–Crippen MR) is 37.9 cm³/mol. The first-order valence-corrected chi connectivity index (χ1v) is 5.41. The third-order valence-electron chi connectivity index (χ3n) is 1.59. The average molecular weight is 133 g/mol. The van der Waals surface area contributed by atoms with E-state index in [4.69, 9.17) is 9.83 Å². The highest BCUT2D eigenvalue weighted by Gasteiger charge is 2.26. The Hall–Kier alpha value is 0.137. The van der Waals surface area contributed by atoms with Gasteiger partial charge < -0.3 is 9.83 Å². The van der Waals surface area contributed by atoms with Crippen molar-refractivity contribution in [2.45, 2.75) is 25.9 Å². The molecule has 0 heterocycles. The fourth-order valence-corrected chi connectivity index (χ4v) is 0.707. The highest BCUT2D eigenvalue weighted by molar-refractivity contribution is 6.70. The van der Waals surface area contributed by atoms with E-state index >= 15 is 0 Å². The summed E-state index contributed by atoms with van der Waals surface area (Å²) < 4.78 is 5.12. The lowest BCUT2D eigenvalue weighted by Gasteiger charge is -2.22. The molecule has 8 heavy (non-hydrogen) atoms. The van der Waals surface area contributed by atoms with Crippen LogP contribution in [0.5, 0.6) is 0 Å². The van der Waals surface area contributed by atoms with Crippen LogP contribution in [0.3, 0.4) is 0 Å². The number of hydrogen-bond donors (Lipinski definition) is 1. The third kappa shape index (κ3) is 1.94. The molecule has 2 nitrogen and oxygen atoms in total. The van der Waals surface area contributed by atoms with Crippen LogP contribution in [0.4, 0.5) is 0 Å². The van der Waals surface area contributed by atoms with Gasteiger partial charge in [-0.05, 0) is 12.1 Å². The van der Waals surface area contributed by atoms with Crippen molar-refractivity contribution in [1.82, 2.24) is 0 Å². The number of rotatable bonds is 2. The van der Waals surface area contributed by atoms with Crippen LogP contribution in [0.1, 0.15) is 13.8 Å². The largest absolute Gasteiger partial charge is 0.406 e. The van der Waals surface area contributed by atoms with E-state index in [-0.39, 0.29) is 0 Å². The SMILES string of the molecule is CO[Si](C)(N)C(C)C. The Bertz CT molecular complexity index is 72.8. The smallest absolute Gasteiger partial charge is 0.265 e. The molecule has 2 N–H and O–H groups in total. The Kier molecular flexibility index (Phi) is 2.66. The van der Waals surface area contributed by atoms with Gasteiger partial charge in [-0.15, -0.1) is 0 Å². The summed E-state index contributed by atoms with van der Waals surface area (Å²) in [4.78, 5) is 0. The van der Waals surface area contributed by atoms with Gasteiger partial charge in [0.05, 0.1) is 0 Å². The quantitative estimate of drug-likeness (QED) is 0.572. The van der Waals surface area contributed by atoms with Crippen LogP contribution in [-0.4, -0.2) is 15.6 Å². The maximum Gasteiger partial charge on any atom is 0.265 e. The van der Waals surface area contributed by atoms with Crippen molar-refractivity contribution in [3.8, 4) is 0 Å². The van der Waals surface area contributed by atoms with Crippen molar-refractivity contribution in [2.24, 2.45) is 5.40 Å². The van der Waals surface area contributed by atoms with Crippen LogP contribution >= 0.6 is 0 Å². The Morgan fingerprint density at radius 1 is 1.50 bits per heavy atom. The van der Waals surface area contributed by atoms with Gasteiger partial charge in [-0.1, -0.05) is 13.8 Å². The molecule has 0 aromatic heterocycles. The molecule has 0 bridgehead atoms. The highest BCUT2D eigenvalue weighted by atomic mass is 28.4. The molecule has 0 spiro atoms. The second kappa shape index (κ2) is 2.62. The van der Waals surface area contributed by atoms with Crippen LogP contribution in [0, 0.1) is 0 Å². The zero-order valence-corrected chi connectivity index (χ0v) is 7.06. The molecule has 0 fully saturated rings. The second-order valence-electron chi connectivity index (χ2n) is 2.54. The van der Waals surface area contributed by atoms with Crippen molar-refractivity contribution in [2.75, 3.05) is 7.11 Å². The fraction of sp³-hybridized carbons (Fsp3) is 1.00. The molecule has 3 heteroatoms. The van der Waals surface area contributed by atoms with E-state index in [2.05, 4.69) is 13.8 Å². The lowest BCUT2D eigenvalue weighted by atomic mass is 10.6. The molecule has 0 aliphatic heterocycles. The number of hydrogen-bond acceptors (Lipinski definition) is 2. The van der Waals surface area contributed by atoms with Gasteiger partial charge in [-0.2, -0.15) is 0 Å². The maximum atomic E-state index is 5.78. The number of nitrogens with two attached hydrogens (primary N) is 1. The summed E-state index contributed by atoms with van der Waals surface area (Å²) in [6, 6.07) is 0. The van der Waals surface area contributed by atoms with Gasteiger partial charge >= 0.3 is 0 Å². The standard InChI is InChI=1S/C5H15NOSi/c1-5(2)8(4,6)7-3/h5H,6H2,1-4H3. The summed E-state index contributed by atoms with van der Waals surface area (Å²) in [5, 5.41) is 5.78. The van der Waals surface area contributed by atoms with Crippen LogP contribution < -0.4 is 5.40 Å². The lowest BCUT2D eigenvalue weighted by molar-refractivity contribution is 0.389. The van der Waals surface area contributed by atoms with Crippen molar-refractivity contribution in [3.63, 3.8) is 0 Å². The monoisotopic (exact) mass is 133 g/mol. The van der Waals surface area contributed by atoms with Gasteiger partial charge in [0, 0.05) is 7.11 Å². The zero-order chi connectivity index (χ0) is 6.78. The Morgan fingerprint density at radius 2 is 1.88 bits per heavy atom. The van der Waals surface area contributed by atoms with Gasteiger partial charge in [0.25, 0.3) is 8.48 Å². The van der Waals surface area contributed by atoms with E-state index < -0.39 is 8.48 Å². The minimum absolute atomic E-state index is 0.507. The van der Waals surface area contributed by atoms with Crippen molar-refractivity contribution < 1.29 is 4.43 Å². The average Bonchev–Trinajstić information content (AvgIpc) is 1.67. The molecule has 0 amide bonds. The molecule has 50 valence electrons. The molecule has 0 saturated carbocycles. The van der Waals surface area contributed by atoms with Gasteiger partial charge in [-0.3, -0.25) is 0 Å². The van der Waals surface area contributed by atoms with E-state index in [0.29, 0.717) is 5.54 Å². The van der Waals surface area contributed by atoms with Gasteiger partial charge in [-0.25, -0.2) is 0 Å². The minimum Gasteiger partial charge on any atom is -0.406 e. The predicted octanol–water partition coefficient (Wildman–Crippen LogP) is 1.07. The fourth-order valence-electron chi connectivity index (χ4n) is 0.236. The summed E-state index contributed by atoms with van der Waals surface area (Å²) in [5.41, 5.74) is 0.507. The van der Waals surface area contributed by atoms with Crippen LogP contribution in [-0.2, 0) is 4.43 Å². The van der Waals surface area contributed by atoms with E-state index in [9.17, 15) is 0 Å². The molecule has 1 unspecified atom stereocenters. The lowest BCUT2D eigenvalue weighted by Crippen LogP contribution is -2.47. The normalized spacial score (nSPS) is 18.8. The molecule has 0 rings (SSSR count). The molecule has 1 atom stereocenters. The molecule has 0 radical (unpaired) electrons. The van der Waals surface area contributed by atoms with Crippen LogP contribution in [0.25, 0.3) is 0 Å². The van der Waals surface area contributed by atoms with Crippen molar-refractivity contribution in [3.05, 3.63) is 0 Å². The van der Waals surface area contributed by atoms with Crippen LogP contribution in [0.15, 0.2) is 0 Å². The van der Waals surface area contributed by atoms with E-state index in [0.717, 1.165) is 0 Å². The Morgan fingerprint density at radius 3 is 1.88 bits per heavy atom. The minimum atomic E-state index is -1.75. The van der Waals surface area contributed by atoms with Gasteiger partial charge in [0.15, 0.2) is 0 Å². The molecule has 0 aliphatic carbocycles. The van der Waals surface area contributed by atoms with Crippen molar-refractivity contribution >= 4 is 8.48 Å². The van der Waals surface area contributed by atoms with E-state index in [1.807, 2.05) is 6.55 Å². The first-order chi connectivity index (χ1) is 3.50. The van der Waals surface area contributed by atoms with Crippen molar-refractivity contribution in [1.29, 1.82) is 0 Å². The zero-order valence-electron chi connectivity index (χ0n) is 6.06. The molecular weight excluding hydrogens is 118 g/mol. The van der Waals surface area contributed by atoms with Gasteiger partial charge in [0.2, 0.25) is 0 Å². The van der Waals surface area contributed by atoms with E-state index in [1.54, 1.807) is 7.11 Å². The topological polar surface area (TPSA) is 35.2 Å². The molecule has 0 aromatic rings.